The first-order chi connectivity index (χ1) is 14.7. The molecule has 1 heterocycles. The molecule has 0 bridgehead atoms. The van der Waals surface area contributed by atoms with E-state index >= 15 is 0 Å². The number of oxazole rings is 1. The summed E-state index contributed by atoms with van der Waals surface area (Å²) in [5.74, 6) is 2.36. The van der Waals surface area contributed by atoms with Crippen molar-refractivity contribution < 1.29 is 18.7 Å². The molecule has 0 unspecified atom stereocenters. The molecule has 1 saturated carbocycles. The number of ether oxygens (including phenoxy) is 2. The zero-order valence-corrected chi connectivity index (χ0v) is 17.8. The van der Waals surface area contributed by atoms with Crippen molar-refractivity contribution in [1.82, 2.24) is 10.3 Å². The van der Waals surface area contributed by atoms with Crippen molar-refractivity contribution in [1.29, 1.82) is 0 Å². The predicted octanol–water partition coefficient (Wildman–Crippen LogP) is 4.79. The third-order valence-corrected chi connectivity index (χ3v) is 5.71. The summed E-state index contributed by atoms with van der Waals surface area (Å²) in [6.45, 7) is 0.979. The van der Waals surface area contributed by atoms with Gasteiger partial charge in [0, 0.05) is 10.5 Å². The lowest BCUT2D eigenvalue weighted by molar-refractivity contribution is 0.0947. The molecule has 6 nitrogen and oxygen atoms in total. The van der Waals surface area contributed by atoms with Crippen molar-refractivity contribution in [2.24, 2.45) is 5.92 Å². The van der Waals surface area contributed by atoms with Crippen LogP contribution in [0.4, 0.5) is 0 Å². The molecule has 3 aromatic rings. The molecule has 1 N–H and O–H groups in total. The van der Waals surface area contributed by atoms with Crippen LogP contribution >= 0.6 is 11.8 Å². The molecule has 0 saturated heterocycles. The molecule has 156 valence electrons. The van der Waals surface area contributed by atoms with Crippen LogP contribution in [0.25, 0.3) is 11.5 Å². The minimum atomic E-state index is -0.135. The number of aromatic nitrogens is 1. The number of hydrogen-bond acceptors (Lipinski definition) is 6. The van der Waals surface area contributed by atoms with E-state index in [1.54, 1.807) is 25.1 Å². The van der Waals surface area contributed by atoms with Crippen molar-refractivity contribution >= 4 is 17.7 Å². The Hall–Kier alpha value is -2.93. The number of methoxy groups -OCH3 is 1. The second-order valence-electron chi connectivity index (χ2n) is 7.15. The summed E-state index contributed by atoms with van der Waals surface area (Å²) < 4.78 is 16.9. The molecular formula is C23H24N2O4S. The van der Waals surface area contributed by atoms with E-state index in [0.29, 0.717) is 41.2 Å². The lowest BCUT2D eigenvalue weighted by atomic mass is 10.2. The summed E-state index contributed by atoms with van der Waals surface area (Å²) in [5, 5.41) is 2.90. The minimum absolute atomic E-state index is 0.135. The number of nitrogens with one attached hydrogen (secondary N) is 1. The average Bonchev–Trinajstić information content (AvgIpc) is 3.50. The van der Waals surface area contributed by atoms with Crippen LogP contribution in [0.1, 0.15) is 28.9 Å². The van der Waals surface area contributed by atoms with Crippen LogP contribution in [0.3, 0.4) is 0 Å². The molecule has 0 radical (unpaired) electrons. The van der Waals surface area contributed by atoms with Crippen LogP contribution in [0.15, 0.2) is 58.0 Å². The van der Waals surface area contributed by atoms with Gasteiger partial charge in [-0.2, -0.15) is 0 Å². The van der Waals surface area contributed by atoms with Gasteiger partial charge in [-0.3, -0.25) is 4.79 Å². The van der Waals surface area contributed by atoms with Gasteiger partial charge in [0.05, 0.1) is 31.5 Å². The summed E-state index contributed by atoms with van der Waals surface area (Å²) in [6.07, 6.45) is 5.95. The summed E-state index contributed by atoms with van der Waals surface area (Å²) in [7, 11) is 1.63. The molecule has 1 amide bonds. The summed E-state index contributed by atoms with van der Waals surface area (Å²) >= 11 is 1.54. The van der Waals surface area contributed by atoms with E-state index in [4.69, 9.17) is 13.9 Å². The maximum Gasteiger partial charge on any atom is 0.252 e. The number of rotatable bonds is 9. The molecule has 30 heavy (non-hydrogen) atoms. The van der Waals surface area contributed by atoms with Crippen LogP contribution in [0.5, 0.6) is 11.5 Å². The fourth-order valence-corrected chi connectivity index (χ4v) is 3.63. The molecule has 1 fully saturated rings. The van der Waals surface area contributed by atoms with Gasteiger partial charge in [0.25, 0.3) is 5.91 Å². The standard InChI is InChI=1S/C23H24N2O4S/c1-27-19-10-9-16(11-20(19)28-13-15-7-8-15)23-25-17(14-29-23)12-24-22(26)18-5-3-4-6-21(18)30-2/h3-6,9-11,14-15H,7-8,12-13H2,1-2H3,(H,24,26). The van der Waals surface area contributed by atoms with Crippen molar-refractivity contribution in [3.63, 3.8) is 0 Å². The van der Waals surface area contributed by atoms with Gasteiger partial charge < -0.3 is 19.2 Å². The second kappa shape index (κ2) is 9.26. The van der Waals surface area contributed by atoms with Crippen LogP contribution in [-0.2, 0) is 6.54 Å². The van der Waals surface area contributed by atoms with E-state index in [1.807, 2.05) is 48.7 Å². The van der Waals surface area contributed by atoms with Crippen molar-refractivity contribution in [3.05, 3.63) is 60.0 Å². The molecular weight excluding hydrogens is 400 g/mol. The van der Waals surface area contributed by atoms with Crippen molar-refractivity contribution in [2.75, 3.05) is 20.0 Å². The number of benzene rings is 2. The quantitative estimate of drug-likeness (QED) is 0.498. The number of carbonyl (C=O) groups excluding carboxylic acids is 1. The molecule has 0 atom stereocenters. The molecule has 0 aliphatic heterocycles. The van der Waals surface area contributed by atoms with Crippen molar-refractivity contribution in [3.8, 4) is 23.0 Å². The summed E-state index contributed by atoms with van der Waals surface area (Å²) in [4.78, 5) is 18.0. The lowest BCUT2D eigenvalue weighted by Gasteiger charge is -2.11. The van der Waals surface area contributed by atoms with E-state index in [2.05, 4.69) is 10.3 Å². The minimum Gasteiger partial charge on any atom is -0.493 e. The van der Waals surface area contributed by atoms with Crippen molar-refractivity contribution in [2.45, 2.75) is 24.3 Å². The molecule has 1 aromatic heterocycles. The highest BCUT2D eigenvalue weighted by Gasteiger charge is 2.23. The SMILES string of the molecule is COc1ccc(-c2nc(CNC(=O)c3ccccc3SC)co2)cc1OCC1CC1. The monoisotopic (exact) mass is 424 g/mol. The lowest BCUT2D eigenvalue weighted by Crippen LogP contribution is -2.23. The average molecular weight is 425 g/mol. The van der Waals surface area contributed by atoms with E-state index in [1.165, 1.54) is 12.8 Å². The Labute approximate surface area is 180 Å². The normalized spacial score (nSPS) is 13.1. The van der Waals surface area contributed by atoms with Gasteiger partial charge in [-0.05, 0) is 55.3 Å². The molecule has 7 heteroatoms. The topological polar surface area (TPSA) is 73.6 Å². The third kappa shape index (κ3) is 4.79. The second-order valence-corrected chi connectivity index (χ2v) is 8.00. The number of nitrogens with zero attached hydrogens (tertiary/aromatic N) is 1. The Morgan fingerprint density at radius 3 is 2.83 bits per heavy atom. The maximum absolute atomic E-state index is 12.5. The Morgan fingerprint density at radius 1 is 1.23 bits per heavy atom. The van der Waals surface area contributed by atoms with Gasteiger partial charge in [-0.15, -0.1) is 11.8 Å². The van der Waals surface area contributed by atoms with Gasteiger partial charge in [0.15, 0.2) is 11.5 Å². The highest BCUT2D eigenvalue weighted by Crippen LogP contribution is 2.35. The highest BCUT2D eigenvalue weighted by molar-refractivity contribution is 7.98. The van der Waals surface area contributed by atoms with E-state index in [-0.39, 0.29) is 12.5 Å². The number of hydrogen-bond donors (Lipinski definition) is 1. The first-order valence-corrected chi connectivity index (χ1v) is 11.1. The Morgan fingerprint density at radius 2 is 2.07 bits per heavy atom. The summed E-state index contributed by atoms with van der Waals surface area (Å²) in [5.41, 5.74) is 2.10. The van der Waals surface area contributed by atoms with E-state index in [0.717, 1.165) is 10.5 Å². The van der Waals surface area contributed by atoms with Gasteiger partial charge in [-0.25, -0.2) is 4.98 Å². The van der Waals surface area contributed by atoms with Gasteiger partial charge in [-0.1, -0.05) is 12.1 Å². The highest BCUT2D eigenvalue weighted by atomic mass is 32.2. The first-order valence-electron chi connectivity index (χ1n) is 9.84. The third-order valence-electron chi connectivity index (χ3n) is 4.92. The zero-order chi connectivity index (χ0) is 20.9. The Bertz CT molecular complexity index is 1030. The van der Waals surface area contributed by atoms with Gasteiger partial charge in [0.1, 0.15) is 6.26 Å². The fourth-order valence-electron chi connectivity index (χ4n) is 3.03. The maximum atomic E-state index is 12.5. The number of thioether (sulfide) groups is 1. The molecule has 4 rings (SSSR count). The molecule has 0 spiro atoms. The number of carbonyl (C=O) groups is 1. The summed E-state index contributed by atoms with van der Waals surface area (Å²) in [6, 6.07) is 13.1. The number of amides is 1. The van der Waals surface area contributed by atoms with Crippen LogP contribution < -0.4 is 14.8 Å². The predicted molar refractivity (Wildman–Crippen MR) is 116 cm³/mol. The largest absolute Gasteiger partial charge is 0.493 e. The van der Waals surface area contributed by atoms with Crippen LogP contribution in [0, 0.1) is 5.92 Å². The smallest absolute Gasteiger partial charge is 0.252 e. The molecule has 1 aliphatic rings. The molecule has 1 aliphatic carbocycles. The fraction of sp³-hybridized carbons (Fsp3) is 0.304. The van der Waals surface area contributed by atoms with E-state index in [9.17, 15) is 4.79 Å². The van der Waals surface area contributed by atoms with Crippen LogP contribution in [-0.4, -0.2) is 30.9 Å². The van der Waals surface area contributed by atoms with Gasteiger partial charge >= 0.3 is 0 Å². The first kappa shape index (κ1) is 20.3. The zero-order valence-electron chi connectivity index (χ0n) is 17.0. The Kier molecular flexibility index (Phi) is 6.28. The Balaban J connectivity index is 1.43. The van der Waals surface area contributed by atoms with E-state index < -0.39 is 0 Å². The van der Waals surface area contributed by atoms with Gasteiger partial charge in [0.2, 0.25) is 5.89 Å². The van der Waals surface area contributed by atoms with Crippen LogP contribution in [0.2, 0.25) is 0 Å². The molecule has 2 aromatic carbocycles.